The molecule has 1 saturated carbocycles. The van der Waals surface area contributed by atoms with Gasteiger partial charge in [0.05, 0.1) is 5.52 Å². The number of hydrogen-bond acceptors (Lipinski definition) is 5. The Morgan fingerprint density at radius 3 is 3.00 bits per heavy atom. The molecule has 5 rings (SSSR count). The molecule has 1 aromatic carbocycles. The standard InChI is InChI=1S/C20H21N7O/c1-27-10-14-13(7-4-8-15(14)26-27)9-21-20(28)17-16-19(23-11-22-17)25-18(24-16)12-5-2-3-6-12/h4,7-8,10-12H,2-3,5-6,9H2,1H3,(H,21,28)(H,22,23,24,25). The van der Waals surface area contributed by atoms with Crippen LogP contribution in [-0.2, 0) is 13.6 Å². The topological polar surface area (TPSA) is 101 Å². The molecule has 8 heteroatoms. The predicted molar refractivity (Wildman–Crippen MR) is 105 cm³/mol. The zero-order valence-electron chi connectivity index (χ0n) is 15.6. The number of amides is 1. The summed E-state index contributed by atoms with van der Waals surface area (Å²) >= 11 is 0. The van der Waals surface area contributed by atoms with Crippen molar-refractivity contribution >= 4 is 28.0 Å². The number of nitrogens with one attached hydrogen (secondary N) is 2. The lowest BCUT2D eigenvalue weighted by Gasteiger charge is -2.06. The van der Waals surface area contributed by atoms with Gasteiger partial charge in [0.15, 0.2) is 11.3 Å². The minimum Gasteiger partial charge on any atom is -0.347 e. The van der Waals surface area contributed by atoms with E-state index in [-0.39, 0.29) is 5.91 Å². The molecular formula is C20H21N7O. The number of fused-ring (bicyclic) bond motifs is 2. The maximum atomic E-state index is 12.8. The molecule has 1 aliphatic carbocycles. The first-order chi connectivity index (χ1) is 13.7. The lowest BCUT2D eigenvalue weighted by molar-refractivity contribution is 0.0947. The minimum absolute atomic E-state index is 0.241. The minimum atomic E-state index is -0.241. The molecule has 28 heavy (non-hydrogen) atoms. The number of aromatic nitrogens is 6. The van der Waals surface area contributed by atoms with Gasteiger partial charge in [-0.3, -0.25) is 9.48 Å². The smallest absolute Gasteiger partial charge is 0.272 e. The Morgan fingerprint density at radius 2 is 2.14 bits per heavy atom. The van der Waals surface area contributed by atoms with Crippen molar-refractivity contribution < 1.29 is 4.79 Å². The second-order valence-electron chi connectivity index (χ2n) is 7.36. The Bertz CT molecular complexity index is 1170. The quantitative estimate of drug-likeness (QED) is 0.571. The molecule has 0 bridgehead atoms. The molecule has 142 valence electrons. The van der Waals surface area contributed by atoms with Gasteiger partial charge in [-0.15, -0.1) is 0 Å². The number of benzene rings is 1. The van der Waals surface area contributed by atoms with Crippen LogP contribution < -0.4 is 5.32 Å². The first-order valence-electron chi connectivity index (χ1n) is 9.59. The third-order valence-corrected chi connectivity index (χ3v) is 5.46. The molecular weight excluding hydrogens is 354 g/mol. The Hall–Kier alpha value is -3.29. The molecule has 0 atom stereocenters. The van der Waals surface area contributed by atoms with Gasteiger partial charge in [0.2, 0.25) is 0 Å². The fraction of sp³-hybridized carbons (Fsp3) is 0.350. The highest BCUT2D eigenvalue weighted by Gasteiger charge is 2.23. The summed E-state index contributed by atoms with van der Waals surface area (Å²) in [5.41, 5.74) is 3.42. The molecule has 2 N–H and O–H groups in total. The summed E-state index contributed by atoms with van der Waals surface area (Å²) in [5.74, 6) is 1.10. The Morgan fingerprint density at radius 1 is 1.29 bits per heavy atom. The Balaban J connectivity index is 1.41. The molecule has 0 radical (unpaired) electrons. The fourth-order valence-corrected chi connectivity index (χ4v) is 4.05. The number of nitrogens with zero attached hydrogens (tertiary/aromatic N) is 5. The number of carbonyl (C=O) groups is 1. The first-order valence-corrected chi connectivity index (χ1v) is 9.59. The van der Waals surface area contributed by atoms with Gasteiger partial charge in [0, 0.05) is 31.1 Å². The lowest BCUT2D eigenvalue weighted by atomic mass is 10.1. The third kappa shape index (κ3) is 2.90. The Labute approximate surface area is 161 Å². The number of aromatic amines is 1. The van der Waals surface area contributed by atoms with E-state index in [1.165, 1.54) is 19.2 Å². The summed E-state index contributed by atoms with van der Waals surface area (Å²) in [4.78, 5) is 29.2. The highest BCUT2D eigenvalue weighted by molar-refractivity contribution is 6.02. The van der Waals surface area contributed by atoms with E-state index in [9.17, 15) is 4.79 Å². The lowest BCUT2D eigenvalue weighted by Crippen LogP contribution is -2.24. The average molecular weight is 375 g/mol. The van der Waals surface area contributed by atoms with Gasteiger partial charge in [-0.2, -0.15) is 5.10 Å². The molecule has 0 unspecified atom stereocenters. The molecule has 4 aromatic rings. The molecule has 1 aliphatic rings. The summed E-state index contributed by atoms with van der Waals surface area (Å²) in [7, 11) is 1.89. The molecule has 0 aliphatic heterocycles. The van der Waals surface area contributed by atoms with E-state index >= 15 is 0 Å². The van der Waals surface area contributed by atoms with Crippen molar-refractivity contribution in [1.29, 1.82) is 0 Å². The molecule has 3 aromatic heterocycles. The van der Waals surface area contributed by atoms with Crippen LogP contribution in [0.2, 0.25) is 0 Å². The van der Waals surface area contributed by atoms with Crippen molar-refractivity contribution in [2.45, 2.75) is 38.1 Å². The van der Waals surface area contributed by atoms with Crippen LogP contribution in [0.3, 0.4) is 0 Å². The molecule has 1 fully saturated rings. The third-order valence-electron chi connectivity index (χ3n) is 5.46. The summed E-state index contributed by atoms with van der Waals surface area (Å²) in [6.07, 6.45) is 8.07. The second-order valence-corrected chi connectivity index (χ2v) is 7.36. The van der Waals surface area contributed by atoms with Crippen molar-refractivity contribution in [2.24, 2.45) is 7.05 Å². The number of carbonyl (C=O) groups excluding carboxylic acids is 1. The van der Waals surface area contributed by atoms with Crippen LogP contribution in [0, 0.1) is 0 Å². The molecule has 1 amide bonds. The van der Waals surface area contributed by atoms with Crippen LogP contribution >= 0.6 is 0 Å². The van der Waals surface area contributed by atoms with Crippen molar-refractivity contribution in [3.63, 3.8) is 0 Å². The summed E-state index contributed by atoms with van der Waals surface area (Å²) in [6.45, 7) is 0.400. The summed E-state index contributed by atoms with van der Waals surface area (Å²) < 4.78 is 1.78. The van der Waals surface area contributed by atoms with Crippen molar-refractivity contribution in [3.05, 3.63) is 47.8 Å². The number of hydrogen-bond donors (Lipinski definition) is 2. The highest BCUT2D eigenvalue weighted by Crippen LogP contribution is 2.33. The van der Waals surface area contributed by atoms with Gasteiger partial charge in [0.25, 0.3) is 5.91 Å². The van der Waals surface area contributed by atoms with Crippen LogP contribution in [0.5, 0.6) is 0 Å². The summed E-state index contributed by atoms with van der Waals surface area (Å²) in [5, 5.41) is 8.41. The average Bonchev–Trinajstić information content (AvgIpc) is 3.42. The van der Waals surface area contributed by atoms with Crippen molar-refractivity contribution in [3.8, 4) is 0 Å². The van der Waals surface area contributed by atoms with E-state index in [0.717, 1.165) is 35.1 Å². The van der Waals surface area contributed by atoms with Gasteiger partial charge in [-0.1, -0.05) is 25.0 Å². The van der Waals surface area contributed by atoms with E-state index in [2.05, 4.69) is 30.4 Å². The molecule has 0 saturated heterocycles. The van der Waals surface area contributed by atoms with Gasteiger partial charge < -0.3 is 10.3 Å². The zero-order valence-corrected chi connectivity index (χ0v) is 15.6. The number of rotatable bonds is 4. The predicted octanol–water partition coefficient (Wildman–Crippen LogP) is 2.83. The van der Waals surface area contributed by atoms with Crippen molar-refractivity contribution in [1.82, 2.24) is 35.0 Å². The molecule has 8 nitrogen and oxygen atoms in total. The van der Waals surface area contributed by atoms with Gasteiger partial charge in [0.1, 0.15) is 17.7 Å². The maximum absolute atomic E-state index is 12.8. The van der Waals surface area contributed by atoms with Gasteiger partial charge >= 0.3 is 0 Å². The fourth-order valence-electron chi connectivity index (χ4n) is 4.05. The van der Waals surface area contributed by atoms with Crippen LogP contribution in [0.15, 0.2) is 30.7 Å². The van der Waals surface area contributed by atoms with Crippen LogP contribution in [0.25, 0.3) is 22.1 Å². The van der Waals surface area contributed by atoms with E-state index in [4.69, 9.17) is 0 Å². The van der Waals surface area contributed by atoms with E-state index in [0.29, 0.717) is 29.3 Å². The Kier molecular flexibility index (Phi) is 4.03. The maximum Gasteiger partial charge on any atom is 0.272 e. The SMILES string of the molecule is Cn1cc2c(CNC(=O)c3ncnc4nc(C5CCCC5)[nH]c34)cccc2n1. The van der Waals surface area contributed by atoms with Crippen LogP contribution in [0.4, 0.5) is 0 Å². The number of H-pyrrole nitrogens is 1. The monoisotopic (exact) mass is 375 g/mol. The largest absolute Gasteiger partial charge is 0.347 e. The van der Waals surface area contributed by atoms with E-state index in [1.807, 2.05) is 31.4 Å². The van der Waals surface area contributed by atoms with Gasteiger partial charge in [-0.05, 0) is 24.5 Å². The first kappa shape index (κ1) is 16.9. The zero-order chi connectivity index (χ0) is 19.1. The van der Waals surface area contributed by atoms with E-state index in [1.54, 1.807) is 4.68 Å². The number of imidazole rings is 1. The molecule has 3 heterocycles. The highest BCUT2D eigenvalue weighted by atomic mass is 16.1. The van der Waals surface area contributed by atoms with E-state index < -0.39 is 0 Å². The second kappa shape index (κ2) is 6.70. The summed E-state index contributed by atoms with van der Waals surface area (Å²) in [6, 6.07) is 5.90. The number of aryl methyl sites for hydroxylation is 1. The van der Waals surface area contributed by atoms with Gasteiger partial charge in [-0.25, -0.2) is 15.0 Å². The van der Waals surface area contributed by atoms with Crippen LogP contribution in [0.1, 0.15) is 53.5 Å². The van der Waals surface area contributed by atoms with Crippen molar-refractivity contribution in [2.75, 3.05) is 0 Å². The van der Waals surface area contributed by atoms with Crippen LogP contribution in [-0.4, -0.2) is 35.6 Å². The normalized spacial score (nSPS) is 14.9. The molecule has 0 spiro atoms.